The lowest BCUT2D eigenvalue weighted by molar-refractivity contribution is 0.584. The van der Waals surface area contributed by atoms with Crippen molar-refractivity contribution in [2.75, 3.05) is 0 Å². The van der Waals surface area contributed by atoms with E-state index < -0.39 is 5.95 Å². The molecule has 10 heavy (non-hydrogen) atoms. The van der Waals surface area contributed by atoms with E-state index in [0.29, 0.717) is 0 Å². The van der Waals surface area contributed by atoms with Crippen molar-refractivity contribution in [2.24, 2.45) is 5.11 Å². The molecule has 1 rings (SSSR count). The third-order valence-corrected chi connectivity index (χ3v) is 0.870. The molecule has 0 spiro atoms. The van der Waals surface area contributed by atoms with E-state index in [4.69, 9.17) is 5.53 Å². The van der Waals surface area contributed by atoms with Crippen LogP contribution in [0, 0.1) is 5.95 Å². The molecular weight excluding hydrogens is 135 g/mol. The normalized spacial score (nSPS) is 8.50. The van der Waals surface area contributed by atoms with Gasteiger partial charge in [-0.25, -0.2) is 4.98 Å². The molecule has 0 bridgehead atoms. The Morgan fingerprint density at radius 3 is 3.10 bits per heavy atom. The number of hydrogen-bond acceptors (Lipinski definition) is 2. The molecule has 1 aromatic rings. The highest BCUT2D eigenvalue weighted by Gasteiger charge is 1.90. The molecule has 0 aliphatic rings. The molecule has 0 aliphatic heterocycles. The van der Waals surface area contributed by atoms with Crippen molar-refractivity contribution in [3.8, 4) is 0 Å². The van der Waals surface area contributed by atoms with Crippen molar-refractivity contribution in [2.45, 2.75) is 0 Å². The van der Waals surface area contributed by atoms with E-state index in [1.165, 1.54) is 12.3 Å². The third-order valence-electron chi connectivity index (χ3n) is 0.870. The zero-order valence-corrected chi connectivity index (χ0v) is 4.90. The van der Waals surface area contributed by atoms with Gasteiger partial charge in [0, 0.05) is 22.9 Å². The summed E-state index contributed by atoms with van der Waals surface area (Å²) in [7, 11) is 0. The van der Waals surface area contributed by atoms with Gasteiger partial charge in [-0.3, -0.25) is 0 Å². The average molecular weight is 138 g/mol. The molecule has 0 atom stereocenters. The van der Waals surface area contributed by atoms with Gasteiger partial charge >= 0.3 is 0 Å². The fourth-order valence-corrected chi connectivity index (χ4v) is 0.506. The van der Waals surface area contributed by atoms with Crippen molar-refractivity contribution < 1.29 is 4.39 Å². The molecule has 5 heteroatoms. The second-order valence-corrected chi connectivity index (χ2v) is 1.53. The van der Waals surface area contributed by atoms with Crippen LogP contribution in [0.25, 0.3) is 10.4 Å². The minimum absolute atomic E-state index is 0.231. The van der Waals surface area contributed by atoms with E-state index in [0.717, 1.165) is 6.07 Å². The Balaban J connectivity index is 3.06. The molecule has 4 nitrogen and oxygen atoms in total. The monoisotopic (exact) mass is 138 g/mol. The zero-order valence-electron chi connectivity index (χ0n) is 4.90. The highest BCUT2D eigenvalue weighted by Crippen LogP contribution is 2.10. The number of nitrogens with zero attached hydrogens (tertiary/aromatic N) is 4. The van der Waals surface area contributed by atoms with Crippen molar-refractivity contribution in [3.05, 3.63) is 34.7 Å². The second-order valence-electron chi connectivity index (χ2n) is 1.53. The summed E-state index contributed by atoms with van der Waals surface area (Å²) in [4.78, 5) is 5.75. The van der Waals surface area contributed by atoms with Gasteiger partial charge < -0.3 is 0 Å². The van der Waals surface area contributed by atoms with Crippen LogP contribution in [0.15, 0.2) is 23.4 Å². The lowest BCUT2D eigenvalue weighted by Gasteiger charge is -1.87. The number of azide groups is 1. The standard InChI is InChI=1S/C5H3FN4/c6-5-3-4(9-10-7)1-2-8-5/h1-3H. The van der Waals surface area contributed by atoms with Gasteiger partial charge in [-0.1, -0.05) is 5.11 Å². The van der Waals surface area contributed by atoms with Gasteiger partial charge in [0.15, 0.2) is 0 Å². The quantitative estimate of drug-likeness (QED) is 0.254. The fourth-order valence-electron chi connectivity index (χ4n) is 0.506. The first-order valence-corrected chi connectivity index (χ1v) is 2.49. The maximum Gasteiger partial charge on any atom is 0.213 e. The molecule has 1 heterocycles. The summed E-state index contributed by atoms with van der Waals surface area (Å²) in [5.74, 6) is -0.648. The van der Waals surface area contributed by atoms with E-state index in [1.54, 1.807) is 0 Å². The minimum Gasteiger partial charge on any atom is -0.228 e. The van der Waals surface area contributed by atoms with E-state index >= 15 is 0 Å². The molecule has 0 N–H and O–H groups in total. The maximum atomic E-state index is 12.2. The largest absolute Gasteiger partial charge is 0.228 e. The molecule has 0 aliphatic carbocycles. The fraction of sp³-hybridized carbons (Fsp3) is 0. The number of aromatic nitrogens is 1. The molecule has 0 aromatic carbocycles. The van der Waals surface area contributed by atoms with Gasteiger partial charge in [-0.05, 0) is 11.6 Å². The Kier molecular flexibility index (Phi) is 1.82. The average Bonchev–Trinajstić information content (AvgIpc) is 1.88. The summed E-state index contributed by atoms with van der Waals surface area (Å²) in [6.45, 7) is 0. The van der Waals surface area contributed by atoms with Crippen LogP contribution in [-0.4, -0.2) is 4.98 Å². The Bertz CT molecular complexity index is 279. The maximum absolute atomic E-state index is 12.2. The van der Waals surface area contributed by atoms with E-state index in [9.17, 15) is 4.39 Å². The Labute approximate surface area is 56.0 Å². The van der Waals surface area contributed by atoms with Gasteiger partial charge in [0.25, 0.3) is 0 Å². The molecule has 0 saturated carbocycles. The summed E-state index contributed by atoms with van der Waals surface area (Å²) in [5.41, 5.74) is 8.16. The van der Waals surface area contributed by atoms with Crippen LogP contribution >= 0.6 is 0 Å². The summed E-state index contributed by atoms with van der Waals surface area (Å²) in [6.07, 6.45) is 1.24. The Morgan fingerprint density at radius 2 is 2.50 bits per heavy atom. The lowest BCUT2D eigenvalue weighted by Crippen LogP contribution is -1.76. The molecule has 0 unspecified atom stereocenters. The first-order chi connectivity index (χ1) is 4.83. The van der Waals surface area contributed by atoms with Gasteiger partial charge in [0.1, 0.15) is 0 Å². The highest BCUT2D eigenvalue weighted by atomic mass is 19.1. The third kappa shape index (κ3) is 1.43. The van der Waals surface area contributed by atoms with Crippen LogP contribution in [0.4, 0.5) is 10.1 Å². The van der Waals surface area contributed by atoms with Crippen LogP contribution in [0.3, 0.4) is 0 Å². The van der Waals surface area contributed by atoms with Crippen LogP contribution in [0.2, 0.25) is 0 Å². The van der Waals surface area contributed by atoms with Crippen LogP contribution in [-0.2, 0) is 0 Å². The highest BCUT2D eigenvalue weighted by molar-refractivity contribution is 5.33. The molecule has 50 valence electrons. The first kappa shape index (κ1) is 6.51. The predicted octanol–water partition coefficient (Wildman–Crippen LogP) is 2.16. The number of hydrogen-bond donors (Lipinski definition) is 0. The second kappa shape index (κ2) is 2.80. The summed E-state index contributed by atoms with van der Waals surface area (Å²) < 4.78 is 12.2. The van der Waals surface area contributed by atoms with Crippen LogP contribution < -0.4 is 0 Å². The molecule has 1 aromatic heterocycles. The SMILES string of the molecule is [N-]=[N+]=Nc1ccnc(F)c1. The molecule has 0 fully saturated rings. The van der Waals surface area contributed by atoms with Crippen molar-refractivity contribution in [1.29, 1.82) is 0 Å². The number of halogens is 1. The first-order valence-electron chi connectivity index (χ1n) is 2.49. The number of pyridine rings is 1. The van der Waals surface area contributed by atoms with Crippen LogP contribution in [0.1, 0.15) is 0 Å². The summed E-state index contributed by atoms with van der Waals surface area (Å²) >= 11 is 0. The molecular formula is C5H3FN4. The van der Waals surface area contributed by atoms with Crippen molar-refractivity contribution in [1.82, 2.24) is 4.98 Å². The van der Waals surface area contributed by atoms with Gasteiger partial charge in [0.2, 0.25) is 5.95 Å². The topological polar surface area (TPSA) is 61.7 Å². The van der Waals surface area contributed by atoms with Crippen molar-refractivity contribution >= 4 is 5.69 Å². The van der Waals surface area contributed by atoms with Crippen LogP contribution in [0.5, 0.6) is 0 Å². The van der Waals surface area contributed by atoms with Crippen molar-refractivity contribution in [3.63, 3.8) is 0 Å². The minimum atomic E-state index is -0.648. The van der Waals surface area contributed by atoms with E-state index in [2.05, 4.69) is 15.0 Å². The van der Waals surface area contributed by atoms with E-state index in [1.807, 2.05) is 0 Å². The molecule has 0 radical (unpaired) electrons. The Morgan fingerprint density at radius 1 is 1.70 bits per heavy atom. The zero-order chi connectivity index (χ0) is 7.40. The molecule has 0 saturated heterocycles. The summed E-state index contributed by atoms with van der Waals surface area (Å²) in [6, 6.07) is 2.47. The predicted molar refractivity (Wildman–Crippen MR) is 33.0 cm³/mol. The van der Waals surface area contributed by atoms with E-state index in [-0.39, 0.29) is 5.69 Å². The number of rotatable bonds is 1. The van der Waals surface area contributed by atoms with Gasteiger partial charge in [-0.15, -0.1) is 0 Å². The Hall–Kier alpha value is -1.61. The smallest absolute Gasteiger partial charge is 0.213 e. The lowest BCUT2D eigenvalue weighted by atomic mass is 10.4. The molecule has 0 amide bonds. The summed E-state index contributed by atoms with van der Waals surface area (Å²) in [5, 5.41) is 3.17. The van der Waals surface area contributed by atoms with Gasteiger partial charge in [0.05, 0.1) is 0 Å². The van der Waals surface area contributed by atoms with Gasteiger partial charge in [-0.2, -0.15) is 4.39 Å².